The van der Waals surface area contributed by atoms with Gasteiger partial charge in [0.05, 0.1) is 7.11 Å². The summed E-state index contributed by atoms with van der Waals surface area (Å²) in [7, 11) is 1.62. The van der Waals surface area contributed by atoms with Crippen molar-refractivity contribution in [1.29, 1.82) is 0 Å². The van der Waals surface area contributed by atoms with Gasteiger partial charge in [0.15, 0.2) is 5.78 Å². The van der Waals surface area contributed by atoms with Crippen LogP contribution in [0.2, 0.25) is 0 Å². The molecule has 0 fully saturated rings. The van der Waals surface area contributed by atoms with Crippen LogP contribution in [-0.4, -0.2) is 12.9 Å². The monoisotopic (exact) mass is 346 g/mol. The lowest BCUT2D eigenvalue weighted by Gasteiger charge is -2.08. The van der Waals surface area contributed by atoms with Gasteiger partial charge in [-0.2, -0.15) is 0 Å². The fourth-order valence-corrected chi connectivity index (χ4v) is 2.53. The quantitative estimate of drug-likeness (QED) is 0.711. The number of methoxy groups -OCH3 is 1. The molecule has 0 amide bonds. The van der Waals surface area contributed by atoms with Gasteiger partial charge in [0.2, 0.25) is 0 Å². The molecule has 2 aromatic carbocycles. The highest BCUT2D eigenvalue weighted by Crippen LogP contribution is 2.24. The second kappa shape index (κ2) is 6.90. The number of ketones is 1. The topological polar surface area (TPSA) is 26.3 Å². The van der Waals surface area contributed by atoms with Crippen LogP contribution in [0.4, 0.5) is 0 Å². The van der Waals surface area contributed by atoms with Crippen molar-refractivity contribution in [2.75, 3.05) is 7.11 Å². The minimum absolute atomic E-state index is 0.110. The normalized spacial score (nSPS) is 10.7. The predicted molar refractivity (Wildman–Crippen MR) is 89.3 cm³/mol. The van der Waals surface area contributed by atoms with Crippen molar-refractivity contribution in [2.24, 2.45) is 0 Å². The molecule has 0 spiro atoms. The van der Waals surface area contributed by atoms with Crippen molar-refractivity contribution in [1.82, 2.24) is 0 Å². The van der Waals surface area contributed by atoms with E-state index in [4.69, 9.17) is 4.74 Å². The van der Waals surface area contributed by atoms with Gasteiger partial charge in [0, 0.05) is 16.5 Å². The van der Waals surface area contributed by atoms with E-state index in [2.05, 4.69) is 29.8 Å². The van der Waals surface area contributed by atoms with Gasteiger partial charge in [-0.05, 0) is 35.2 Å². The predicted octanol–water partition coefficient (Wildman–Crippen LogP) is 5.01. The van der Waals surface area contributed by atoms with E-state index in [1.165, 1.54) is 5.56 Å². The molecule has 0 saturated carbocycles. The van der Waals surface area contributed by atoms with Gasteiger partial charge >= 0.3 is 0 Å². The van der Waals surface area contributed by atoms with Gasteiger partial charge in [0.25, 0.3) is 0 Å². The van der Waals surface area contributed by atoms with Crippen LogP contribution < -0.4 is 4.74 Å². The number of Topliss-reactive ketones (excluding diaryl/α,β-unsaturated/α-hetero) is 1. The molecule has 0 atom stereocenters. The van der Waals surface area contributed by atoms with Crippen molar-refractivity contribution >= 4 is 21.7 Å². The smallest absolute Gasteiger partial charge is 0.167 e. The van der Waals surface area contributed by atoms with Crippen molar-refractivity contribution in [3.8, 4) is 5.75 Å². The van der Waals surface area contributed by atoms with Gasteiger partial charge in [-0.3, -0.25) is 4.79 Å². The molecule has 110 valence electrons. The summed E-state index contributed by atoms with van der Waals surface area (Å²) in [5.74, 6) is 1.34. The van der Waals surface area contributed by atoms with Crippen molar-refractivity contribution in [3.05, 3.63) is 63.6 Å². The van der Waals surface area contributed by atoms with E-state index < -0.39 is 0 Å². The number of carbonyl (C=O) groups is 1. The summed E-state index contributed by atoms with van der Waals surface area (Å²) >= 11 is 3.48. The zero-order valence-electron chi connectivity index (χ0n) is 12.5. The first kappa shape index (κ1) is 15.8. The van der Waals surface area contributed by atoms with Crippen LogP contribution >= 0.6 is 15.9 Å². The molecule has 3 heteroatoms. The molecule has 21 heavy (non-hydrogen) atoms. The highest BCUT2D eigenvalue weighted by atomic mass is 79.9. The first-order valence-corrected chi connectivity index (χ1v) is 7.76. The average Bonchev–Trinajstić information content (AvgIpc) is 2.49. The van der Waals surface area contributed by atoms with E-state index in [-0.39, 0.29) is 5.78 Å². The Bertz CT molecular complexity index is 630. The molecule has 0 aliphatic rings. The number of hydrogen-bond acceptors (Lipinski definition) is 2. The SMILES string of the molecule is COc1ccc(Br)c(CC(=O)c2ccc(C(C)C)cc2)c1. The van der Waals surface area contributed by atoms with Crippen LogP contribution in [0.25, 0.3) is 0 Å². The maximum atomic E-state index is 12.4. The van der Waals surface area contributed by atoms with E-state index in [1.807, 2.05) is 42.5 Å². The maximum absolute atomic E-state index is 12.4. The number of carbonyl (C=O) groups excluding carboxylic acids is 1. The Kier molecular flexibility index (Phi) is 5.18. The molecular formula is C18H19BrO2. The third-order valence-electron chi connectivity index (χ3n) is 3.50. The van der Waals surface area contributed by atoms with E-state index in [9.17, 15) is 4.79 Å². The van der Waals surface area contributed by atoms with Gasteiger partial charge in [0.1, 0.15) is 5.75 Å². The lowest BCUT2D eigenvalue weighted by atomic mass is 9.98. The largest absolute Gasteiger partial charge is 0.497 e. The van der Waals surface area contributed by atoms with Crippen LogP contribution in [-0.2, 0) is 6.42 Å². The minimum Gasteiger partial charge on any atom is -0.497 e. The van der Waals surface area contributed by atoms with Gasteiger partial charge in [-0.15, -0.1) is 0 Å². The first-order valence-electron chi connectivity index (χ1n) is 6.97. The van der Waals surface area contributed by atoms with Gasteiger partial charge < -0.3 is 4.74 Å². The summed E-state index contributed by atoms with van der Waals surface area (Å²) < 4.78 is 6.13. The molecule has 0 N–H and O–H groups in total. The van der Waals surface area contributed by atoms with Crippen LogP contribution in [0.15, 0.2) is 46.9 Å². The van der Waals surface area contributed by atoms with Crippen molar-refractivity contribution < 1.29 is 9.53 Å². The summed E-state index contributed by atoms with van der Waals surface area (Å²) in [6.45, 7) is 4.29. The Labute approximate surface area is 134 Å². The molecular weight excluding hydrogens is 328 g/mol. The Morgan fingerprint density at radius 3 is 2.38 bits per heavy atom. The number of rotatable bonds is 5. The lowest BCUT2D eigenvalue weighted by Crippen LogP contribution is -2.04. The number of halogens is 1. The molecule has 0 heterocycles. The van der Waals surface area contributed by atoms with E-state index in [0.29, 0.717) is 12.3 Å². The third-order valence-corrected chi connectivity index (χ3v) is 4.28. The van der Waals surface area contributed by atoms with Crippen molar-refractivity contribution in [2.45, 2.75) is 26.2 Å². The molecule has 0 radical (unpaired) electrons. The standard InChI is InChI=1S/C18H19BrO2/c1-12(2)13-4-6-14(7-5-13)18(20)11-15-10-16(21-3)8-9-17(15)19/h4-10,12H,11H2,1-3H3. The summed E-state index contributed by atoms with van der Waals surface area (Å²) in [5, 5.41) is 0. The zero-order chi connectivity index (χ0) is 15.4. The molecule has 0 aliphatic carbocycles. The molecule has 2 nitrogen and oxygen atoms in total. The van der Waals surface area contributed by atoms with Gasteiger partial charge in [-0.25, -0.2) is 0 Å². The Morgan fingerprint density at radius 2 is 1.81 bits per heavy atom. The third kappa shape index (κ3) is 3.94. The highest BCUT2D eigenvalue weighted by Gasteiger charge is 2.11. The van der Waals surface area contributed by atoms with Gasteiger partial charge in [-0.1, -0.05) is 54.0 Å². The molecule has 0 aromatic heterocycles. The summed E-state index contributed by atoms with van der Waals surface area (Å²) in [5.41, 5.74) is 2.93. The van der Waals surface area contributed by atoms with Crippen LogP contribution in [0.5, 0.6) is 5.75 Å². The first-order chi connectivity index (χ1) is 10.0. The fraction of sp³-hybridized carbons (Fsp3) is 0.278. The number of benzene rings is 2. The maximum Gasteiger partial charge on any atom is 0.167 e. The van der Waals surface area contributed by atoms with Crippen LogP contribution in [0, 0.1) is 0 Å². The molecule has 2 rings (SSSR count). The Morgan fingerprint density at radius 1 is 1.14 bits per heavy atom. The Balaban J connectivity index is 2.17. The second-order valence-corrected chi connectivity index (χ2v) is 6.19. The molecule has 0 unspecified atom stereocenters. The van der Waals surface area contributed by atoms with E-state index >= 15 is 0 Å². The minimum atomic E-state index is 0.110. The second-order valence-electron chi connectivity index (χ2n) is 5.33. The molecule has 0 saturated heterocycles. The summed E-state index contributed by atoms with van der Waals surface area (Å²) in [4.78, 5) is 12.4. The summed E-state index contributed by atoms with van der Waals surface area (Å²) in [6.07, 6.45) is 0.360. The average molecular weight is 347 g/mol. The molecule has 2 aromatic rings. The van der Waals surface area contributed by atoms with E-state index in [1.54, 1.807) is 7.11 Å². The van der Waals surface area contributed by atoms with Crippen LogP contribution in [0.1, 0.15) is 41.3 Å². The fourth-order valence-electron chi connectivity index (χ4n) is 2.14. The summed E-state index contributed by atoms with van der Waals surface area (Å²) in [6, 6.07) is 13.5. The molecule has 0 bridgehead atoms. The highest BCUT2D eigenvalue weighted by molar-refractivity contribution is 9.10. The van der Waals surface area contributed by atoms with Crippen molar-refractivity contribution in [3.63, 3.8) is 0 Å². The van der Waals surface area contributed by atoms with Crippen LogP contribution in [0.3, 0.4) is 0 Å². The van der Waals surface area contributed by atoms with E-state index in [0.717, 1.165) is 21.3 Å². The number of ether oxygens (including phenoxy) is 1. The lowest BCUT2D eigenvalue weighted by molar-refractivity contribution is 0.0993. The zero-order valence-corrected chi connectivity index (χ0v) is 14.1. The Hall–Kier alpha value is -1.61. The number of hydrogen-bond donors (Lipinski definition) is 0. The molecule has 0 aliphatic heterocycles.